The van der Waals surface area contributed by atoms with Crippen LogP contribution in [0.5, 0.6) is 0 Å². The van der Waals surface area contributed by atoms with E-state index in [0.717, 1.165) is 15.6 Å². The van der Waals surface area contributed by atoms with Gasteiger partial charge >= 0.3 is 5.97 Å². The minimum Gasteiger partial charge on any atom is -0.489 e. The van der Waals surface area contributed by atoms with E-state index in [-0.39, 0.29) is 0 Å². The Labute approximate surface area is 212 Å². The van der Waals surface area contributed by atoms with Gasteiger partial charge in [-0.2, -0.15) is 0 Å². The van der Waals surface area contributed by atoms with E-state index in [4.69, 9.17) is 23.7 Å². The molecule has 6 nitrogen and oxygen atoms in total. The van der Waals surface area contributed by atoms with Crippen molar-refractivity contribution in [1.29, 1.82) is 0 Å². The van der Waals surface area contributed by atoms with E-state index in [0.29, 0.717) is 16.7 Å². The van der Waals surface area contributed by atoms with Gasteiger partial charge in [0.1, 0.15) is 24.4 Å². The van der Waals surface area contributed by atoms with Crippen molar-refractivity contribution in [1.82, 2.24) is 0 Å². The molecule has 0 saturated carbocycles. The number of methoxy groups -OCH3 is 1. The minimum absolute atomic E-state index is 0.355. The molecule has 4 heterocycles. The fraction of sp³-hybridized carbons (Fsp3) is 0.179. The van der Waals surface area contributed by atoms with Crippen LogP contribution in [0.1, 0.15) is 57.0 Å². The molecular formula is C28H23BrO6. The third-order valence-electron chi connectivity index (χ3n) is 5.92. The minimum atomic E-state index is -0.554. The average Bonchev–Trinajstić information content (AvgIpc) is 2.93. The number of allylic oxidation sites excluding steroid dienone is 8. The highest BCUT2D eigenvalue weighted by molar-refractivity contribution is 9.10. The largest absolute Gasteiger partial charge is 0.489 e. The molecule has 0 bridgehead atoms. The Morgan fingerprint density at radius 2 is 0.971 bits per heavy atom. The van der Waals surface area contributed by atoms with Gasteiger partial charge in [0.25, 0.3) is 0 Å². The van der Waals surface area contributed by atoms with Gasteiger partial charge in [-0.15, -0.1) is 0 Å². The molecule has 1 aromatic carbocycles. The summed E-state index contributed by atoms with van der Waals surface area (Å²) in [6, 6.07) is 0. The van der Waals surface area contributed by atoms with Gasteiger partial charge in [0, 0.05) is 26.7 Å². The predicted molar refractivity (Wildman–Crippen MR) is 134 cm³/mol. The standard InChI is InChI=1S/C28H23BrO6/c1-31-28(30)26-22(18-10-2-6-14-32-18)24(20-12-4-8-16-34-20)27(29)25(21-13-5-9-17-35-21)23(26)19-11-3-7-15-33-19/h2-21H,1H3. The van der Waals surface area contributed by atoms with E-state index in [1.807, 2.05) is 60.8 Å². The van der Waals surface area contributed by atoms with Crippen LogP contribution < -0.4 is 0 Å². The van der Waals surface area contributed by atoms with Crippen molar-refractivity contribution in [2.45, 2.75) is 24.4 Å². The van der Waals surface area contributed by atoms with E-state index >= 15 is 0 Å². The summed E-state index contributed by atoms with van der Waals surface area (Å²) >= 11 is 3.87. The molecule has 0 aliphatic carbocycles. The van der Waals surface area contributed by atoms with Crippen molar-refractivity contribution in [3.63, 3.8) is 0 Å². The second kappa shape index (κ2) is 10.3. The summed E-state index contributed by atoms with van der Waals surface area (Å²) in [6.45, 7) is 0. The molecule has 0 spiro atoms. The highest BCUT2D eigenvalue weighted by atomic mass is 79.9. The summed E-state index contributed by atoms with van der Waals surface area (Å²) in [4.78, 5) is 13.5. The van der Waals surface area contributed by atoms with Gasteiger partial charge in [-0.3, -0.25) is 0 Å². The normalized spacial score (nSPS) is 25.5. The number of ether oxygens (including phenoxy) is 5. The fourth-order valence-electron chi connectivity index (χ4n) is 4.47. The molecule has 7 heteroatoms. The zero-order valence-electron chi connectivity index (χ0n) is 18.9. The van der Waals surface area contributed by atoms with Crippen molar-refractivity contribution in [2.75, 3.05) is 7.11 Å². The van der Waals surface area contributed by atoms with Gasteiger partial charge in [-0.25, -0.2) is 4.79 Å². The lowest BCUT2D eigenvalue weighted by molar-refractivity contribution is 0.0585. The molecule has 35 heavy (non-hydrogen) atoms. The molecule has 0 aromatic heterocycles. The molecule has 0 saturated heterocycles. The molecule has 0 amide bonds. The summed E-state index contributed by atoms with van der Waals surface area (Å²) in [5.41, 5.74) is 3.12. The van der Waals surface area contributed by atoms with Crippen LogP contribution in [0.3, 0.4) is 0 Å². The van der Waals surface area contributed by atoms with Crippen molar-refractivity contribution in [3.8, 4) is 0 Å². The average molecular weight is 535 g/mol. The first-order valence-electron chi connectivity index (χ1n) is 11.1. The van der Waals surface area contributed by atoms with E-state index in [1.54, 1.807) is 37.2 Å². The molecule has 0 fully saturated rings. The molecule has 0 N–H and O–H groups in total. The quantitative estimate of drug-likeness (QED) is 0.387. The molecule has 5 rings (SSSR count). The number of carbonyl (C=O) groups excluding carboxylic acids is 1. The van der Waals surface area contributed by atoms with Crippen LogP contribution in [-0.4, -0.2) is 13.1 Å². The second-order valence-corrected chi connectivity index (χ2v) is 8.71. The molecule has 4 aliphatic rings. The molecule has 4 atom stereocenters. The zero-order chi connectivity index (χ0) is 24.2. The monoisotopic (exact) mass is 534 g/mol. The van der Waals surface area contributed by atoms with Gasteiger partial charge in [-0.05, 0) is 64.5 Å². The van der Waals surface area contributed by atoms with Crippen LogP contribution >= 0.6 is 15.9 Å². The predicted octanol–water partition coefficient (Wildman–Crippen LogP) is 6.80. The van der Waals surface area contributed by atoms with E-state index < -0.39 is 30.4 Å². The highest BCUT2D eigenvalue weighted by Crippen LogP contribution is 2.49. The Kier molecular flexibility index (Phi) is 6.77. The number of rotatable bonds is 5. The molecule has 0 radical (unpaired) electrons. The fourth-order valence-corrected chi connectivity index (χ4v) is 5.34. The maximum atomic E-state index is 13.5. The third kappa shape index (κ3) is 4.39. The Bertz CT molecular complexity index is 1160. The smallest absolute Gasteiger partial charge is 0.338 e. The lowest BCUT2D eigenvalue weighted by Gasteiger charge is -2.33. The van der Waals surface area contributed by atoms with E-state index in [2.05, 4.69) is 15.9 Å². The number of carbonyl (C=O) groups is 1. The molecule has 178 valence electrons. The van der Waals surface area contributed by atoms with Crippen LogP contribution in [0, 0.1) is 0 Å². The van der Waals surface area contributed by atoms with E-state index in [9.17, 15) is 4.79 Å². The topological polar surface area (TPSA) is 63.2 Å². The number of hydrogen-bond donors (Lipinski definition) is 0. The van der Waals surface area contributed by atoms with Crippen LogP contribution in [-0.2, 0) is 23.7 Å². The van der Waals surface area contributed by atoms with Crippen molar-refractivity contribution < 1.29 is 28.5 Å². The van der Waals surface area contributed by atoms with E-state index in [1.165, 1.54) is 7.11 Å². The molecular weight excluding hydrogens is 512 g/mol. The maximum absolute atomic E-state index is 13.5. The zero-order valence-corrected chi connectivity index (χ0v) is 20.5. The van der Waals surface area contributed by atoms with Gasteiger partial charge in [0.05, 0.1) is 37.7 Å². The van der Waals surface area contributed by atoms with Crippen molar-refractivity contribution in [2.24, 2.45) is 0 Å². The Morgan fingerprint density at radius 1 is 0.629 bits per heavy atom. The first-order chi connectivity index (χ1) is 17.2. The van der Waals surface area contributed by atoms with Crippen LogP contribution in [0.15, 0.2) is 102 Å². The second-order valence-electron chi connectivity index (χ2n) is 7.92. The summed E-state index contributed by atoms with van der Waals surface area (Å²) in [5, 5.41) is 0. The molecule has 1 aromatic rings. The summed E-state index contributed by atoms with van der Waals surface area (Å²) in [7, 11) is 1.37. The Morgan fingerprint density at radius 3 is 1.26 bits per heavy atom. The first-order valence-corrected chi connectivity index (χ1v) is 11.9. The SMILES string of the molecule is COC(=O)c1c(C2C=CC=CO2)c(C2C=CC=CO2)c(Br)c(C2C=CC=CO2)c1C1C=CC=CO1. The van der Waals surface area contributed by atoms with Gasteiger partial charge in [0.15, 0.2) is 0 Å². The van der Waals surface area contributed by atoms with Crippen molar-refractivity contribution in [3.05, 3.63) is 130 Å². The molecule has 4 unspecified atom stereocenters. The Balaban J connectivity index is 1.87. The van der Waals surface area contributed by atoms with Crippen LogP contribution in [0.4, 0.5) is 0 Å². The number of halogens is 1. The number of hydrogen-bond acceptors (Lipinski definition) is 6. The van der Waals surface area contributed by atoms with Crippen LogP contribution in [0.25, 0.3) is 0 Å². The third-order valence-corrected chi connectivity index (χ3v) is 6.78. The van der Waals surface area contributed by atoms with Gasteiger partial charge in [0.2, 0.25) is 0 Å². The lowest BCUT2D eigenvalue weighted by Crippen LogP contribution is -2.24. The first kappa shape index (κ1) is 23.1. The lowest BCUT2D eigenvalue weighted by atomic mass is 9.81. The summed E-state index contributed by atoms with van der Waals surface area (Å²) in [5.74, 6) is -0.506. The van der Waals surface area contributed by atoms with Gasteiger partial charge < -0.3 is 23.7 Å². The highest BCUT2D eigenvalue weighted by Gasteiger charge is 2.39. The van der Waals surface area contributed by atoms with Crippen molar-refractivity contribution >= 4 is 21.9 Å². The maximum Gasteiger partial charge on any atom is 0.338 e. The summed E-state index contributed by atoms with van der Waals surface area (Å²) in [6.07, 6.45) is 26.8. The van der Waals surface area contributed by atoms with Crippen LogP contribution in [0.2, 0.25) is 0 Å². The number of esters is 1. The van der Waals surface area contributed by atoms with Gasteiger partial charge in [-0.1, -0.05) is 24.3 Å². The molecule has 4 aliphatic heterocycles. The Hall–Kier alpha value is -3.71. The summed E-state index contributed by atoms with van der Waals surface area (Å²) < 4.78 is 30.0. The number of benzene rings is 1.